The van der Waals surface area contributed by atoms with Crippen LogP contribution in [0, 0.1) is 0 Å². The van der Waals surface area contributed by atoms with Crippen LogP contribution in [-0.2, 0) is 0 Å². The lowest BCUT2D eigenvalue weighted by atomic mass is 10.3. The van der Waals surface area contributed by atoms with Crippen molar-refractivity contribution in [3.8, 4) is 0 Å². The molecule has 0 fully saturated rings. The van der Waals surface area contributed by atoms with Crippen LogP contribution >= 0.6 is 0 Å². The molecule has 0 aromatic rings. The monoisotopic (exact) mass is 161 g/mol. The Balaban J connectivity index is 0. The van der Waals surface area contributed by atoms with E-state index in [1.807, 2.05) is 0 Å². The molecule has 0 aromatic carbocycles. The lowest BCUT2D eigenvalue weighted by Gasteiger charge is -2.32. The van der Waals surface area contributed by atoms with Gasteiger partial charge in [-0.1, -0.05) is 13.8 Å². The summed E-state index contributed by atoms with van der Waals surface area (Å²) in [5, 5.41) is 0. The average molecular weight is 161 g/mol. The topological polar surface area (TPSA) is 30.0 Å². The molecule has 0 aromatic heterocycles. The van der Waals surface area contributed by atoms with Crippen LogP contribution in [0.5, 0.6) is 0 Å². The SMILES string of the molecule is CCC[N+](C)(CC)CCC.[OH-]. The lowest BCUT2D eigenvalue weighted by Crippen LogP contribution is -2.44. The van der Waals surface area contributed by atoms with Crippen LogP contribution in [0.4, 0.5) is 0 Å². The summed E-state index contributed by atoms with van der Waals surface area (Å²) in [5.41, 5.74) is 0. The van der Waals surface area contributed by atoms with Gasteiger partial charge in [0, 0.05) is 0 Å². The second-order valence-corrected chi connectivity index (χ2v) is 3.38. The van der Waals surface area contributed by atoms with Crippen molar-refractivity contribution < 1.29 is 9.96 Å². The van der Waals surface area contributed by atoms with E-state index in [0.717, 1.165) is 0 Å². The van der Waals surface area contributed by atoms with Crippen molar-refractivity contribution in [3.63, 3.8) is 0 Å². The highest BCUT2D eigenvalue weighted by Gasteiger charge is 2.15. The molecule has 70 valence electrons. The van der Waals surface area contributed by atoms with Gasteiger partial charge in [-0.15, -0.1) is 0 Å². The Kier molecular flexibility index (Phi) is 8.13. The number of hydrogen-bond acceptors (Lipinski definition) is 1. The highest BCUT2D eigenvalue weighted by molar-refractivity contribution is 4.34. The predicted octanol–water partition coefficient (Wildman–Crippen LogP) is 2.10. The molecule has 0 amide bonds. The average Bonchev–Trinajstić information content (AvgIpc) is 1.89. The summed E-state index contributed by atoms with van der Waals surface area (Å²) in [6, 6.07) is 0. The van der Waals surface area contributed by atoms with Crippen LogP contribution in [0.2, 0.25) is 0 Å². The molecule has 0 aliphatic heterocycles. The zero-order valence-corrected chi connectivity index (χ0v) is 8.43. The fraction of sp³-hybridized carbons (Fsp3) is 1.00. The maximum Gasteiger partial charge on any atom is 0.0781 e. The van der Waals surface area contributed by atoms with Gasteiger partial charge in [0.15, 0.2) is 0 Å². The molecule has 0 spiro atoms. The summed E-state index contributed by atoms with van der Waals surface area (Å²) in [7, 11) is 2.35. The molecule has 0 aliphatic rings. The smallest absolute Gasteiger partial charge is 0.0781 e. The van der Waals surface area contributed by atoms with Crippen LogP contribution in [0.1, 0.15) is 33.6 Å². The molecule has 2 heteroatoms. The Labute approximate surface area is 71.1 Å². The molecule has 0 unspecified atom stereocenters. The quantitative estimate of drug-likeness (QED) is 0.568. The summed E-state index contributed by atoms with van der Waals surface area (Å²) >= 11 is 0. The highest BCUT2D eigenvalue weighted by Crippen LogP contribution is 2.04. The van der Waals surface area contributed by atoms with Crippen LogP contribution in [-0.4, -0.2) is 36.6 Å². The standard InChI is InChI=1S/C9H22N.H2O/c1-5-8-10(4,7-3)9-6-2;/h5-9H2,1-4H3;1H2/q+1;/p-1. The number of nitrogens with zero attached hydrogens (tertiary/aromatic N) is 1. The first kappa shape index (κ1) is 13.5. The van der Waals surface area contributed by atoms with Crippen molar-refractivity contribution in [1.82, 2.24) is 0 Å². The second kappa shape index (κ2) is 6.62. The van der Waals surface area contributed by atoms with Gasteiger partial charge in [-0.25, -0.2) is 0 Å². The first-order valence-electron chi connectivity index (χ1n) is 4.52. The van der Waals surface area contributed by atoms with Crippen molar-refractivity contribution in [1.29, 1.82) is 0 Å². The maximum absolute atomic E-state index is 2.35. The molecule has 2 nitrogen and oxygen atoms in total. The van der Waals surface area contributed by atoms with E-state index in [0.29, 0.717) is 0 Å². The van der Waals surface area contributed by atoms with E-state index in [-0.39, 0.29) is 5.48 Å². The third-order valence-corrected chi connectivity index (χ3v) is 2.29. The van der Waals surface area contributed by atoms with Crippen molar-refractivity contribution >= 4 is 0 Å². The zero-order valence-electron chi connectivity index (χ0n) is 8.43. The first-order chi connectivity index (χ1) is 4.68. The van der Waals surface area contributed by atoms with Gasteiger partial charge < -0.3 is 9.96 Å². The summed E-state index contributed by atoms with van der Waals surface area (Å²) in [6.45, 7) is 10.8. The molecule has 0 rings (SSSR count). The Morgan fingerprint density at radius 3 is 1.45 bits per heavy atom. The molecule has 0 atom stereocenters. The van der Waals surface area contributed by atoms with Crippen molar-refractivity contribution in [2.24, 2.45) is 0 Å². The maximum atomic E-state index is 2.35. The third-order valence-electron chi connectivity index (χ3n) is 2.29. The van der Waals surface area contributed by atoms with Gasteiger partial charge in [-0.05, 0) is 19.8 Å². The number of hydrogen-bond donors (Lipinski definition) is 0. The molecule has 0 saturated carbocycles. The summed E-state index contributed by atoms with van der Waals surface area (Å²) in [4.78, 5) is 0. The first-order valence-corrected chi connectivity index (χ1v) is 4.52. The Morgan fingerprint density at radius 1 is 0.909 bits per heavy atom. The van der Waals surface area contributed by atoms with Crippen LogP contribution in [0.3, 0.4) is 0 Å². The molecule has 0 heterocycles. The normalized spacial score (nSPS) is 10.9. The van der Waals surface area contributed by atoms with E-state index in [9.17, 15) is 0 Å². The van der Waals surface area contributed by atoms with Gasteiger partial charge in [-0.2, -0.15) is 0 Å². The van der Waals surface area contributed by atoms with E-state index in [4.69, 9.17) is 0 Å². The summed E-state index contributed by atoms with van der Waals surface area (Å²) < 4.78 is 1.26. The van der Waals surface area contributed by atoms with Gasteiger partial charge in [0.05, 0.1) is 26.7 Å². The Hall–Kier alpha value is -0.0800. The Bertz CT molecular complexity index is 77.6. The van der Waals surface area contributed by atoms with Crippen LogP contribution in [0.25, 0.3) is 0 Å². The minimum atomic E-state index is 0. The highest BCUT2D eigenvalue weighted by atomic mass is 16.0. The van der Waals surface area contributed by atoms with Gasteiger partial charge in [0.2, 0.25) is 0 Å². The fourth-order valence-electron chi connectivity index (χ4n) is 1.51. The number of rotatable bonds is 5. The van der Waals surface area contributed by atoms with Crippen LogP contribution in [0.15, 0.2) is 0 Å². The molecule has 0 aliphatic carbocycles. The van der Waals surface area contributed by atoms with Crippen molar-refractivity contribution in [2.45, 2.75) is 33.6 Å². The van der Waals surface area contributed by atoms with E-state index in [1.165, 1.54) is 37.0 Å². The second-order valence-electron chi connectivity index (χ2n) is 3.38. The molecule has 1 N–H and O–H groups in total. The predicted molar refractivity (Wildman–Crippen MR) is 49.0 cm³/mol. The molecule has 0 saturated heterocycles. The van der Waals surface area contributed by atoms with Crippen LogP contribution < -0.4 is 0 Å². The van der Waals surface area contributed by atoms with Gasteiger partial charge >= 0.3 is 0 Å². The van der Waals surface area contributed by atoms with Gasteiger partial charge in [0.1, 0.15) is 0 Å². The van der Waals surface area contributed by atoms with Gasteiger partial charge in [0.25, 0.3) is 0 Å². The molecular weight excluding hydrogens is 138 g/mol. The molecule has 11 heavy (non-hydrogen) atoms. The molecular formula is C9H23NO. The van der Waals surface area contributed by atoms with Crippen molar-refractivity contribution in [3.05, 3.63) is 0 Å². The minimum Gasteiger partial charge on any atom is -0.870 e. The van der Waals surface area contributed by atoms with Gasteiger partial charge in [-0.3, -0.25) is 0 Å². The Morgan fingerprint density at radius 2 is 1.27 bits per heavy atom. The van der Waals surface area contributed by atoms with E-state index in [1.54, 1.807) is 0 Å². The largest absolute Gasteiger partial charge is 0.870 e. The zero-order chi connectivity index (χ0) is 8.04. The summed E-state index contributed by atoms with van der Waals surface area (Å²) in [6.07, 6.45) is 2.62. The van der Waals surface area contributed by atoms with E-state index < -0.39 is 0 Å². The molecule has 0 radical (unpaired) electrons. The fourth-order valence-corrected chi connectivity index (χ4v) is 1.51. The minimum absolute atomic E-state index is 0. The van der Waals surface area contributed by atoms with Crippen molar-refractivity contribution in [2.75, 3.05) is 26.7 Å². The van der Waals surface area contributed by atoms with E-state index in [2.05, 4.69) is 27.8 Å². The molecule has 0 bridgehead atoms. The lowest BCUT2D eigenvalue weighted by molar-refractivity contribution is -0.907. The summed E-state index contributed by atoms with van der Waals surface area (Å²) in [5.74, 6) is 0. The number of quaternary nitrogens is 1. The van der Waals surface area contributed by atoms with E-state index >= 15 is 0 Å². The third kappa shape index (κ3) is 5.22.